The third-order valence-electron chi connectivity index (χ3n) is 3.58. The Morgan fingerprint density at radius 1 is 1.39 bits per heavy atom. The Bertz CT molecular complexity index is 699. The number of aromatic nitrogens is 2. The summed E-state index contributed by atoms with van der Waals surface area (Å²) in [4.78, 5) is 14.1. The van der Waals surface area contributed by atoms with Crippen LogP contribution in [0.1, 0.15) is 18.2 Å². The fraction of sp³-hybridized carbons (Fsp3) is 0.375. The zero-order chi connectivity index (χ0) is 17.0. The molecular weight excluding hydrogens is 335 g/mol. The number of nitrogens with one attached hydrogen (secondary N) is 1. The Hall–Kier alpha value is -1.56. The average Bonchev–Trinajstić information content (AvgIpc) is 2.84. The zero-order valence-electron chi connectivity index (χ0n) is 13.4. The summed E-state index contributed by atoms with van der Waals surface area (Å²) in [6, 6.07) is 5.15. The van der Waals surface area contributed by atoms with Crippen molar-refractivity contribution in [2.24, 2.45) is 0 Å². The molecule has 1 aromatic carbocycles. The summed E-state index contributed by atoms with van der Waals surface area (Å²) in [7, 11) is 1.89. The first-order valence-electron chi connectivity index (χ1n) is 7.36. The number of aryl methyl sites for hydroxylation is 1. The minimum Gasteiger partial charge on any atom is -0.324 e. The maximum Gasteiger partial charge on any atom is 0.238 e. The van der Waals surface area contributed by atoms with E-state index in [9.17, 15) is 4.79 Å². The summed E-state index contributed by atoms with van der Waals surface area (Å²) in [6.45, 7) is 5.83. The van der Waals surface area contributed by atoms with Gasteiger partial charge in [-0.1, -0.05) is 29.3 Å². The second kappa shape index (κ2) is 7.81. The van der Waals surface area contributed by atoms with Crippen LogP contribution in [0.4, 0.5) is 5.69 Å². The average molecular weight is 355 g/mol. The molecule has 0 aliphatic heterocycles. The van der Waals surface area contributed by atoms with E-state index in [1.165, 1.54) is 0 Å². The predicted molar refractivity (Wildman–Crippen MR) is 94.1 cm³/mol. The number of amides is 1. The summed E-state index contributed by atoms with van der Waals surface area (Å²) in [6.07, 6.45) is 1.85. The van der Waals surface area contributed by atoms with Gasteiger partial charge in [0.2, 0.25) is 5.91 Å². The molecule has 0 saturated carbocycles. The van der Waals surface area contributed by atoms with Crippen LogP contribution in [-0.2, 0) is 17.9 Å². The molecule has 2 rings (SSSR count). The van der Waals surface area contributed by atoms with Crippen molar-refractivity contribution < 1.29 is 4.79 Å². The molecule has 0 unspecified atom stereocenters. The first-order chi connectivity index (χ1) is 10.9. The zero-order valence-corrected chi connectivity index (χ0v) is 14.9. The topological polar surface area (TPSA) is 50.2 Å². The van der Waals surface area contributed by atoms with Crippen molar-refractivity contribution in [2.75, 3.05) is 18.9 Å². The van der Waals surface area contributed by atoms with Gasteiger partial charge in [0.25, 0.3) is 0 Å². The molecule has 0 aliphatic carbocycles. The van der Waals surface area contributed by atoms with Crippen molar-refractivity contribution in [2.45, 2.75) is 26.9 Å². The van der Waals surface area contributed by atoms with Crippen LogP contribution in [0.2, 0.25) is 10.0 Å². The summed E-state index contributed by atoms with van der Waals surface area (Å²) in [5.74, 6) is -0.141. The van der Waals surface area contributed by atoms with Crippen LogP contribution in [-0.4, -0.2) is 34.2 Å². The van der Waals surface area contributed by atoms with E-state index < -0.39 is 0 Å². The van der Waals surface area contributed by atoms with Crippen LogP contribution in [0.5, 0.6) is 0 Å². The van der Waals surface area contributed by atoms with E-state index in [-0.39, 0.29) is 12.5 Å². The lowest BCUT2D eigenvalue weighted by molar-refractivity contribution is -0.117. The van der Waals surface area contributed by atoms with Gasteiger partial charge >= 0.3 is 0 Å². The van der Waals surface area contributed by atoms with E-state index in [2.05, 4.69) is 17.3 Å². The lowest BCUT2D eigenvalue weighted by Gasteiger charge is -2.16. The second-order valence-electron chi connectivity index (χ2n) is 5.39. The van der Waals surface area contributed by atoms with Gasteiger partial charge in [-0.15, -0.1) is 0 Å². The number of nitrogens with zero attached hydrogens (tertiary/aromatic N) is 3. The van der Waals surface area contributed by atoms with Crippen molar-refractivity contribution in [3.8, 4) is 0 Å². The molecule has 0 saturated heterocycles. The Balaban J connectivity index is 1.94. The van der Waals surface area contributed by atoms with Gasteiger partial charge in [-0.05, 0) is 33.0 Å². The summed E-state index contributed by atoms with van der Waals surface area (Å²) in [5, 5.41) is 7.86. The molecule has 0 bridgehead atoms. The number of likely N-dealkylation sites (N-methyl/N-ethyl adjacent to an activating group) is 1. The minimum atomic E-state index is -0.141. The molecule has 0 radical (unpaired) electrons. The van der Waals surface area contributed by atoms with Crippen LogP contribution < -0.4 is 5.32 Å². The van der Waals surface area contributed by atoms with Crippen molar-refractivity contribution in [3.63, 3.8) is 0 Å². The third kappa shape index (κ3) is 4.47. The van der Waals surface area contributed by atoms with Crippen molar-refractivity contribution in [1.82, 2.24) is 14.7 Å². The Kier molecular flexibility index (Phi) is 6.04. The van der Waals surface area contributed by atoms with Crippen LogP contribution >= 0.6 is 23.2 Å². The number of halogens is 2. The maximum absolute atomic E-state index is 12.1. The van der Waals surface area contributed by atoms with E-state index in [0.717, 1.165) is 17.8 Å². The lowest BCUT2D eigenvalue weighted by Crippen LogP contribution is -2.30. The molecule has 2 aromatic rings. The van der Waals surface area contributed by atoms with Crippen LogP contribution in [0.25, 0.3) is 0 Å². The molecule has 0 atom stereocenters. The van der Waals surface area contributed by atoms with Gasteiger partial charge in [-0.3, -0.25) is 14.4 Å². The van der Waals surface area contributed by atoms with Crippen molar-refractivity contribution >= 4 is 34.8 Å². The fourth-order valence-corrected chi connectivity index (χ4v) is 2.69. The molecule has 5 nitrogen and oxygen atoms in total. The number of hydrogen-bond donors (Lipinski definition) is 1. The molecule has 0 spiro atoms. The summed E-state index contributed by atoms with van der Waals surface area (Å²) >= 11 is 12.0. The number of carbonyl (C=O) groups excluding carboxylic acids is 1. The van der Waals surface area contributed by atoms with Gasteiger partial charge in [-0.2, -0.15) is 5.10 Å². The summed E-state index contributed by atoms with van der Waals surface area (Å²) < 4.78 is 1.94. The Labute approximate surface area is 146 Å². The molecule has 124 valence electrons. The number of carbonyl (C=O) groups is 1. The van der Waals surface area contributed by atoms with Crippen LogP contribution in [0.15, 0.2) is 24.4 Å². The van der Waals surface area contributed by atoms with Gasteiger partial charge in [-0.25, -0.2) is 0 Å². The van der Waals surface area contributed by atoms with Gasteiger partial charge in [0, 0.05) is 24.3 Å². The molecule has 0 aliphatic rings. The van der Waals surface area contributed by atoms with Gasteiger partial charge in [0.1, 0.15) is 0 Å². The lowest BCUT2D eigenvalue weighted by atomic mass is 10.2. The van der Waals surface area contributed by atoms with Gasteiger partial charge in [0.05, 0.1) is 28.5 Å². The molecule has 0 fully saturated rings. The minimum absolute atomic E-state index is 0.141. The van der Waals surface area contributed by atoms with Crippen molar-refractivity contribution in [3.05, 3.63) is 45.7 Å². The largest absolute Gasteiger partial charge is 0.324 e. The molecule has 1 heterocycles. The number of hydrogen-bond acceptors (Lipinski definition) is 3. The van der Waals surface area contributed by atoms with E-state index in [4.69, 9.17) is 23.2 Å². The molecule has 1 aromatic heterocycles. The SMILES string of the molecule is CCn1ncc(CN(C)CC(=O)Nc2cccc(Cl)c2Cl)c1C. The molecular formula is C16H20Cl2N4O. The highest BCUT2D eigenvalue weighted by Crippen LogP contribution is 2.29. The van der Waals surface area contributed by atoms with Crippen molar-refractivity contribution in [1.29, 1.82) is 0 Å². The van der Waals surface area contributed by atoms with Gasteiger partial charge in [0.15, 0.2) is 0 Å². The maximum atomic E-state index is 12.1. The van der Waals surface area contributed by atoms with Crippen LogP contribution in [0, 0.1) is 6.92 Å². The smallest absolute Gasteiger partial charge is 0.238 e. The number of anilines is 1. The quantitative estimate of drug-likeness (QED) is 0.862. The molecule has 1 amide bonds. The summed E-state index contributed by atoms with van der Waals surface area (Å²) in [5.41, 5.74) is 2.76. The third-order valence-corrected chi connectivity index (χ3v) is 4.40. The van der Waals surface area contributed by atoms with E-state index >= 15 is 0 Å². The van der Waals surface area contributed by atoms with E-state index in [1.54, 1.807) is 18.2 Å². The normalized spacial score (nSPS) is 11.0. The number of rotatable bonds is 6. The Morgan fingerprint density at radius 2 is 2.13 bits per heavy atom. The Morgan fingerprint density at radius 3 is 2.78 bits per heavy atom. The monoisotopic (exact) mass is 354 g/mol. The highest BCUT2D eigenvalue weighted by atomic mass is 35.5. The van der Waals surface area contributed by atoms with Gasteiger partial charge < -0.3 is 5.32 Å². The number of benzene rings is 1. The predicted octanol–water partition coefficient (Wildman–Crippen LogP) is 3.59. The molecule has 7 heteroatoms. The molecule has 23 heavy (non-hydrogen) atoms. The highest BCUT2D eigenvalue weighted by Gasteiger charge is 2.13. The van der Waals surface area contributed by atoms with E-state index in [1.807, 2.05) is 29.7 Å². The molecule has 1 N–H and O–H groups in total. The fourth-order valence-electron chi connectivity index (χ4n) is 2.34. The second-order valence-corrected chi connectivity index (χ2v) is 6.18. The first kappa shape index (κ1) is 17.8. The highest BCUT2D eigenvalue weighted by molar-refractivity contribution is 6.43. The van der Waals surface area contributed by atoms with E-state index in [0.29, 0.717) is 22.3 Å². The first-order valence-corrected chi connectivity index (χ1v) is 8.11. The van der Waals surface area contributed by atoms with Crippen LogP contribution in [0.3, 0.4) is 0 Å². The standard InChI is InChI=1S/C16H20Cl2N4O/c1-4-22-11(2)12(8-19-22)9-21(3)10-15(23)20-14-7-5-6-13(17)16(14)18/h5-8H,4,9-10H2,1-3H3,(H,20,23).